The summed E-state index contributed by atoms with van der Waals surface area (Å²) in [6, 6.07) is 11.2. The van der Waals surface area contributed by atoms with Gasteiger partial charge in [-0.2, -0.15) is 0 Å². The largest absolute Gasteiger partial charge is 0.332 e. The van der Waals surface area contributed by atoms with Gasteiger partial charge in [-0.25, -0.2) is 9.69 Å². The molecular formula is C19H14BrCl2N5O2. The van der Waals surface area contributed by atoms with E-state index in [4.69, 9.17) is 28.7 Å². The maximum absolute atomic E-state index is 13.6. The van der Waals surface area contributed by atoms with Crippen molar-refractivity contribution < 1.29 is 9.59 Å². The standard InChI is InChI=1S/C19H14BrCl2N5O2/c20-12-3-1-11(2-4-12)8-19-9-15(24-25-23)10-26(19)18(29)27(17(19)28)16-6-13(21)5-14(22)7-16/h1-7,15H,8-10H2/t15-,19+/m0/s1. The summed E-state index contributed by atoms with van der Waals surface area (Å²) in [5, 5.41) is 4.42. The Hall–Kier alpha value is -2.25. The summed E-state index contributed by atoms with van der Waals surface area (Å²) in [5.41, 5.74) is 8.93. The smallest absolute Gasteiger partial charge is 0.308 e. The lowest BCUT2D eigenvalue weighted by molar-refractivity contribution is -0.124. The molecule has 2 atom stereocenters. The van der Waals surface area contributed by atoms with E-state index >= 15 is 0 Å². The minimum atomic E-state index is -1.13. The van der Waals surface area contributed by atoms with Gasteiger partial charge in [0.05, 0.1) is 11.7 Å². The van der Waals surface area contributed by atoms with Gasteiger partial charge in [-0.05, 0) is 47.8 Å². The number of halogens is 3. The van der Waals surface area contributed by atoms with Crippen molar-refractivity contribution in [2.24, 2.45) is 5.11 Å². The zero-order valence-corrected chi connectivity index (χ0v) is 18.0. The zero-order valence-electron chi connectivity index (χ0n) is 14.9. The van der Waals surface area contributed by atoms with Crippen LogP contribution >= 0.6 is 39.1 Å². The molecule has 2 heterocycles. The van der Waals surface area contributed by atoms with Crippen molar-refractivity contribution in [3.05, 3.63) is 73.0 Å². The molecule has 0 aromatic heterocycles. The normalized spacial score (nSPS) is 23.3. The molecule has 2 aromatic rings. The molecule has 2 aliphatic rings. The second-order valence-corrected chi connectivity index (χ2v) is 8.85. The van der Waals surface area contributed by atoms with Gasteiger partial charge in [-0.3, -0.25) is 4.79 Å². The molecule has 0 saturated carbocycles. The molecule has 0 unspecified atom stereocenters. The molecule has 4 rings (SSSR count). The second-order valence-electron chi connectivity index (χ2n) is 7.06. The summed E-state index contributed by atoms with van der Waals surface area (Å²) in [4.78, 5) is 32.3. The lowest BCUT2D eigenvalue weighted by Crippen LogP contribution is -2.47. The number of nitrogens with zero attached hydrogens (tertiary/aromatic N) is 5. The molecule has 2 saturated heterocycles. The van der Waals surface area contributed by atoms with E-state index in [9.17, 15) is 9.59 Å². The van der Waals surface area contributed by atoms with Crippen molar-refractivity contribution in [2.45, 2.75) is 24.4 Å². The molecule has 7 nitrogen and oxygen atoms in total. The van der Waals surface area contributed by atoms with Gasteiger partial charge in [-0.15, -0.1) is 0 Å². The number of hydrogen-bond acceptors (Lipinski definition) is 3. The number of urea groups is 1. The van der Waals surface area contributed by atoms with E-state index in [-0.39, 0.29) is 18.9 Å². The third-order valence-corrected chi connectivity index (χ3v) is 6.20. The highest BCUT2D eigenvalue weighted by Crippen LogP contribution is 2.44. The first-order chi connectivity index (χ1) is 13.8. The zero-order chi connectivity index (χ0) is 20.8. The Labute approximate surface area is 184 Å². The average Bonchev–Trinajstić information content (AvgIpc) is 3.10. The molecule has 2 aromatic carbocycles. The van der Waals surface area contributed by atoms with Gasteiger partial charge in [-0.1, -0.05) is 56.4 Å². The SMILES string of the molecule is [N-]=[N+]=N[C@@H]1CN2C(=O)N(c3cc(Cl)cc(Cl)c3)C(=O)[C@@]2(Cc2ccc(Br)cc2)C1. The molecule has 0 spiro atoms. The van der Waals surface area contributed by atoms with Crippen LogP contribution in [0.1, 0.15) is 12.0 Å². The third kappa shape index (κ3) is 3.46. The Morgan fingerprint density at radius 2 is 1.83 bits per heavy atom. The minimum absolute atomic E-state index is 0.177. The van der Waals surface area contributed by atoms with E-state index in [1.807, 2.05) is 24.3 Å². The Morgan fingerprint density at radius 3 is 2.45 bits per heavy atom. The Kier molecular flexibility index (Phi) is 5.21. The minimum Gasteiger partial charge on any atom is -0.308 e. The predicted octanol–water partition coefficient (Wildman–Crippen LogP) is 5.59. The lowest BCUT2D eigenvalue weighted by Gasteiger charge is -2.28. The van der Waals surface area contributed by atoms with Crippen molar-refractivity contribution in [2.75, 3.05) is 11.4 Å². The van der Waals surface area contributed by atoms with Gasteiger partial charge in [0.2, 0.25) is 0 Å². The number of carbonyl (C=O) groups excluding carboxylic acids is 2. The highest BCUT2D eigenvalue weighted by atomic mass is 79.9. The quantitative estimate of drug-likeness (QED) is 0.240. The highest BCUT2D eigenvalue weighted by molar-refractivity contribution is 9.10. The number of imide groups is 1. The maximum Gasteiger partial charge on any atom is 0.332 e. The number of rotatable bonds is 4. The average molecular weight is 495 g/mol. The Balaban J connectivity index is 1.78. The van der Waals surface area contributed by atoms with Crippen LogP contribution in [0.3, 0.4) is 0 Å². The monoisotopic (exact) mass is 493 g/mol. The molecular weight excluding hydrogens is 481 g/mol. The second kappa shape index (κ2) is 7.54. The first kappa shape index (κ1) is 20.0. The maximum atomic E-state index is 13.6. The van der Waals surface area contributed by atoms with Gasteiger partial charge in [0.1, 0.15) is 5.54 Å². The first-order valence-corrected chi connectivity index (χ1v) is 10.3. The summed E-state index contributed by atoms with van der Waals surface area (Å²) >= 11 is 15.6. The fourth-order valence-electron chi connectivity index (χ4n) is 4.06. The fraction of sp³-hybridized carbons (Fsp3) is 0.263. The van der Waals surface area contributed by atoms with E-state index < -0.39 is 17.6 Å². The van der Waals surface area contributed by atoms with Crippen LogP contribution in [0.5, 0.6) is 0 Å². The summed E-state index contributed by atoms with van der Waals surface area (Å²) in [5.74, 6) is -0.376. The van der Waals surface area contributed by atoms with Crippen LogP contribution in [0.2, 0.25) is 10.0 Å². The number of benzene rings is 2. The van der Waals surface area contributed by atoms with E-state index in [0.29, 0.717) is 22.2 Å². The fourth-order valence-corrected chi connectivity index (χ4v) is 4.84. The van der Waals surface area contributed by atoms with E-state index in [1.54, 1.807) is 0 Å². The number of carbonyl (C=O) groups is 2. The summed E-state index contributed by atoms with van der Waals surface area (Å²) in [6.45, 7) is 0.177. The summed E-state index contributed by atoms with van der Waals surface area (Å²) < 4.78 is 0.915. The molecule has 0 bridgehead atoms. The molecule has 0 aliphatic carbocycles. The van der Waals surface area contributed by atoms with Crippen molar-refractivity contribution in [1.82, 2.24) is 4.90 Å². The van der Waals surface area contributed by atoms with Gasteiger partial charge in [0.25, 0.3) is 5.91 Å². The Bertz CT molecular complexity index is 1040. The topological polar surface area (TPSA) is 89.4 Å². The number of hydrogen-bond donors (Lipinski definition) is 0. The molecule has 10 heteroatoms. The van der Waals surface area contributed by atoms with Crippen molar-refractivity contribution >= 4 is 56.8 Å². The van der Waals surface area contributed by atoms with Crippen LogP contribution in [-0.4, -0.2) is 35.0 Å². The van der Waals surface area contributed by atoms with E-state index in [2.05, 4.69) is 26.0 Å². The molecule has 148 valence electrons. The molecule has 0 radical (unpaired) electrons. The van der Waals surface area contributed by atoms with Crippen LogP contribution in [0.25, 0.3) is 10.4 Å². The predicted molar refractivity (Wildman–Crippen MR) is 114 cm³/mol. The van der Waals surface area contributed by atoms with Crippen molar-refractivity contribution in [3.63, 3.8) is 0 Å². The first-order valence-electron chi connectivity index (χ1n) is 8.75. The molecule has 2 aliphatic heterocycles. The van der Waals surface area contributed by atoms with Crippen LogP contribution < -0.4 is 4.90 Å². The Morgan fingerprint density at radius 1 is 1.17 bits per heavy atom. The lowest BCUT2D eigenvalue weighted by atomic mass is 9.87. The third-order valence-electron chi connectivity index (χ3n) is 5.24. The number of azide groups is 1. The van der Waals surface area contributed by atoms with Crippen molar-refractivity contribution in [1.29, 1.82) is 0 Å². The molecule has 3 amide bonds. The van der Waals surface area contributed by atoms with Crippen LogP contribution in [0, 0.1) is 0 Å². The van der Waals surface area contributed by atoms with Gasteiger partial charge >= 0.3 is 6.03 Å². The van der Waals surface area contributed by atoms with Gasteiger partial charge in [0.15, 0.2) is 0 Å². The summed E-state index contributed by atoms with van der Waals surface area (Å²) in [6.07, 6.45) is 0.565. The number of amides is 3. The molecule has 2 fully saturated rings. The number of anilines is 1. The highest BCUT2D eigenvalue weighted by Gasteiger charge is 2.62. The van der Waals surface area contributed by atoms with Gasteiger partial charge < -0.3 is 4.90 Å². The summed E-state index contributed by atoms with van der Waals surface area (Å²) in [7, 11) is 0. The molecule has 0 N–H and O–H groups in total. The number of fused-ring (bicyclic) bond motifs is 1. The van der Waals surface area contributed by atoms with Gasteiger partial charge in [0, 0.05) is 32.4 Å². The van der Waals surface area contributed by atoms with E-state index in [1.165, 1.54) is 23.1 Å². The van der Waals surface area contributed by atoms with Crippen molar-refractivity contribution in [3.8, 4) is 0 Å². The van der Waals surface area contributed by atoms with Crippen LogP contribution in [-0.2, 0) is 11.2 Å². The van der Waals surface area contributed by atoms with Crippen LogP contribution in [0.15, 0.2) is 52.1 Å². The van der Waals surface area contributed by atoms with Crippen LogP contribution in [0.4, 0.5) is 10.5 Å². The molecule has 29 heavy (non-hydrogen) atoms. The van der Waals surface area contributed by atoms with E-state index in [0.717, 1.165) is 14.9 Å².